The largest absolute Gasteiger partial charge is 0.487 e. The van der Waals surface area contributed by atoms with Crippen LogP contribution in [0.15, 0.2) is 23.6 Å². The fourth-order valence-corrected chi connectivity index (χ4v) is 3.41. The minimum absolute atomic E-state index is 0.167. The third-order valence-electron chi connectivity index (χ3n) is 3.71. The number of benzene rings is 1. The van der Waals surface area contributed by atoms with Crippen molar-refractivity contribution in [2.75, 3.05) is 0 Å². The van der Waals surface area contributed by atoms with Gasteiger partial charge in [0, 0.05) is 17.3 Å². The second kappa shape index (κ2) is 5.54. The molecule has 0 amide bonds. The summed E-state index contributed by atoms with van der Waals surface area (Å²) in [6.45, 7) is 4.86. The molecule has 0 fully saturated rings. The van der Waals surface area contributed by atoms with Crippen molar-refractivity contribution in [1.29, 1.82) is 0 Å². The SMILES string of the molecule is CC(C)c1nc(COc2cccc3c2CCC3N)cs1. The van der Waals surface area contributed by atoms with E-state index in [0.717, 1.165) is 24.3 Å². The van der Waals surface area contributed by atoms with Crippen molar-refractivity contribution in [2.24, 2.45) is 5.73 Å². The summed E-state index contributed by atoms with van der Waals surface area (Å²) in [6.07, 6.45) is 2.03. The predicted octanol–water partition coefficient (Wildman–Crippen LogP) is 3.79. The summed E-state index contributed by atoms with van der Waals surface area (Å²) in [5.41, 5.74) is 9.62. The van der Waals surface area contributed by atoms with Crippen LogP contribution in [0.4, 0.5) is 0 Å². The molecule has 0 radical (unpaired) electrons. The normalized spacial score (nSPS) is 17.5. The fraction of sp³-hybridized carbons (Fsp3) is 0.438. The molecule has 1 aliphatic carbocycles. The van der Waals surface area contributed by atoms with Gasteiger partial charge in [-0.1, -0.05) is 26.0 Å². The van der Waals surface area contributed by atoms with E-state index in [1.165, 1.54) is 16.1 Å². The zero-order valence-corrected chi connectivity index (χ0v) is 12.7. The molecule has 3 rings (SSSR count). The highest BCUT2D eigenvalue weighted by Crippen LogP contribution is 2.35. The minimum Gasteiger partial charge on any atom is -0.487 e. The first kappa shape index (κ1) is 13.6. The molecule has 1 aliphatic rings. The Morgan fingerprint density at radius 2 is 2.30 bits per heavy atom. The van der Waals surface area contributed by atoms with Crippen LogP contribution >= 0.6 is 11.3 Å². The lowest BCUT2D eigenvalue weighted by atomic mass is 10.1. The first-order chi connectivity index (χ1) is 9.65. The van der Waals surface area contributed by atoms with Gasteiger partial charge in [-0.3, -0.25) is 0 Å². The summed E-state index contributed by atoms with van der Waals surface area (Å²) in [5, 5.41) is 3.26. The molecule has 3 nitrogen and oxygen atoms in total. The van der Waals surface area contributed by atoms with Gasteiger partial charge in [0.15, 0.2) is 0 Å². The Hall–Kier alpha value is -1.39. The second-order valence-corrected chi connectivity index (χ2v) is 6.48. The van der Waals surface area contributed by atoms with Gasteiger partial charge in [-0.15, -0.1) is 11.3 Å². The quantitative estimate of drug-likeness (QED) is 0.931. The molecule has 1 aromatic carbocycles. The third-order valence-corrected chi connectivity index (χ3v) is 4.91. The highest BCUT2D eigenvalue weighted by atomic mass is 32.1. The smallest absolute Gasteiger partial charge is 0.131 e. The molecule has 1 heterocycles. The van der Waals surface area contributed by atoms with Gasteiger partial charge in [0.05, 0.1) is 10.7 Å². The Morgan fingerprint density at radius 3 is 3.05 bits per heavy atom. The standard InChI is InChI=1S/C16H20N2OS/c1-10(2)16-18-11(9-20-16)8-19-15-5-3-4-12-13(15)6-7-14(12)17/h3-5,9-10,14H,6-8,17H2,1-2H3. The number of nitrogens with two attached hydrogens (primary N) is 1. The highest BCUT2D eigenvalue weighted by molar-refractivity contribution is 7.09. The molecule has 4 heteroatoms. The lowest BCUT2D eigenvalue weighted by molar-refractivity contribution is 0.299. The first-order valence-corrected chi connectivity index (χ1v) is 7.97. The van der Waals surface area contributed by atoms with Gasteiger partial charge in [-0.25, -0.2) is 4.98 Å². The van der Waals surface area contributed by atoms with E-state index in [9.17, 15) is 0 Å². The van der Waals surface area contributed by atoms with E-state index < -0.39 is 0 Å². The van der Waals surface area contributed by atoms with E-state index in [4.69, 9.17) is 10.5 Å². The minimum atomic E-state index is 0.167. The molecular weight excluding hydrogens is 268 g/mol. The summed E-state index contributed by atoms with van der Waals surface area (Å²) in [4.78, 5) is 4.60. The van der Waals surface area contributed by atoms with Crippen molar-refractivity contribution in [3.8, 4) is 5.75 Å². The molecule has 0 saturated carbocycles. The molecule has 106 valence electrons. The van der Waals surface area contributed by atoms with Gasteiger partial charge in [0.25, 0.3) is 0 Å². The van der Waals surface area contributed by atoms with E-state index in [-0.39, 0.29) is 6.04 Å². The maximum atomic E-state index is 6.09. The zero-order valence-electron chi connectivity index (χ0n) is 11.9. The van der Waals surface area contributed by atoms with Crippen molar-refractivity contribution >= 4 is 11.3 Å². The van der Waals surface area contributed by atoms with E-state index in [2.05, 4.69) is 30.3 Å². The Kier molecular flexibility index (Phi) is 3.76. The van der Waals surface area contributed by atoms with E-state index >= 15 is 0 Å². The van der Waals surface area contributed by atoms with Crippen LogP contribution in [0.5, 0.6) is 5.75 Å². The van der Waals surface area contributed by atoms with Gasteiger partial charge in [-0.05, 0) is 30.0 Å². The average molecular weight is 288 g/mol. The Bertz CT molecular complexity index is 606. The summed E-state index contributed by atoms with van der Waals surface area (Å²) in [6, 6.07) is 6.34. The van der Waals surface area contributed by atoms with Crippen LogP contribution < -0.4 is 10.5 Å². The fourth-order valence-electron chi connectivity index (χ4n) is 2.59. The van der Waals surface area contributed by atoms with Gasteiger partial charge in [0.1, 0.15) is 12.4 Å². The summed E-state index contributed by atoms with van der Waals surface area (Å²) >= 11 is 1.71. The van der Waals surface area contributed by atoms with Gasteiger partial charge in [0.2, 0.25) is 0 Å². The maximum Gasteiger partial charge on any atom is 0.131 e. The molecule has 0 saturated heterocycles. The number of hydrogen-bond acceptors (Lipinski definition) is 4. The van der Waals surface area contributed by atoms with Crippen LogP contribution in [0.3, 0.4) is 0 Å². The molecule has 1 aromatic heterocycles. The Labute approximate surface area is 123 Å². The molecule has 20 heavy (non-hydrogen) atoms. The molecule has 0 aliphatic heterocycles. The number of nitrogens with zero attached hydrogens (tertiary/aromatic N) is 1. The predicted molar refractivity (Wildman–Crippen MR) is 82.2 cm³/mol. The molecule has 2 N–H and O–H groups in total. The maximum absolute atomic E-state index is 6.09. The number of thiazole rings is 1. The molecule has 0 bridgehead atoms. The van der Waals surface area contributed by atoms with E-state index in [1.54, 1.807) is 11.3 Å². The van der Waals surface area contributed by atoms with Crippen LogP contribution in [0.1, 0.15) is 54.1 Å². The van der Waals surface area contributed by atoms with Gasteiger partial charge >= 0.3 is 0 Å². The number of ether oxygens (including phenoxy) is 1. The van der Waals surface area contributed by atoms with Crippen molar-refractivity contribution in [1.82, 2.24) is 4.98 Å². The number of fused-ring (bicyclic) bond motifs is 1. The summed E-state index contributed by atoms with van der Waals surface area (Å²) in [5.74, 6) is 1.45. The summed E-state index contributed by atoms with van der Waals surface area (Å²) in [7, 11) is 0. The van der Waals surface area contributed by atoms with Crippen LogP contribution in [0.25, 0.3) is 0 Å². The van der Waals surface area contributed by atoms with Crippen LogP contribution in [0, 0.1) is 0 Å². The zero-order chi connectivity index (χ0) is 14.1. The molecule has 2 aromatic rings. The molecule has 0 spiro atoms. The van der Waals surface area contributed by atoms with E-state index in [0.29, 0.717) is 12.5 Å². The van der Waals surface area contributed by atoms with Crippen LogP contribution in [-0.2, 0) is 13.0 Å². The lowest BCUT2D eigenvalue weighted by Gasteiger charge is -2.10. The number of aromatic nitrogens is 1. The van der Waals surface area contributed by atoms with Crippen LogP contribution in [0.2, 0.25) is 0 Å². The molecule has 1 unspecified atom stereocenters. The lowest BCUT2D eigenvalue weighted by Crippen LogP contribution is -2.05. The number of hydrogen-bond donors (Lipinski definition) is 1. The van der Waals surface area contributed by atoms with Gasteiger partial charge in [-0.2, -0.15) is 0 Å². The average Bonchev–Trinajstić information content (AvgIpc) is 3.04. The van der Waals surface area contributed by atoms with Crippen molar-refractivity contribution in [2.45, 2.75) is 45.3 Å². The summed E-state index contributed by atoms with van der Waals surface area (Å²) < 4.78 is 5.96. The molecule has 1 atom stereocenters. The van der Waals surface area contributed by atoms with Gasteiger partial charge < -0.3 is 10.5 Å². The first-order valence-electron chi connectivity index (χ1n) is 7.09. The van der Waals surface area contributed by atoms with Crippen LogP contribution in [-0.4, -0.2) is 4.98 Å². The second-order valence-electron chi connectivity index (χ2n) is 5.59. The number of rotatable bonds is 4. The third kappa shape index (κ3) is 2.58. The van der Waals surface area contributed by atoms with E-state index in [1.807, 2.05) is 12.1 Å². The van der Waals surface area contributed by atoms with Crippen molar-refractivity contribution < 1.29 is 4.74 Å². The van der Waals surface area contributed by atoms with Crippen molar-refractivity contribution in [3.63, 3.8) is 0 Å². The monoisotopic (exact) mass is 288 g/mol. The molecular formula is C16H20N2OS. The topological polar surface area (TPSA) is 48.1 Å². The van der Waals surface area contributed by atoms with Crippen molar-refractivity contribution in [3.05, 3.63) is 45.4 Å². The Balaban J connectivity index is 1.73. The Morgan fingerprint density at radius 1 is 1.45 bits per heavy atom. The highest BCUT2D eigenvalue weighted by Gasteiger charge is 2.22.